The number of methoxy groups -OCH3 is 3. The minimum Gasteiger partial charge on any atom is -0.496 e. The van der Waals surface area contributed by atoms with E-state index in [-0.39, 0.29) is 34.5 Å². The first-order valence-corrected chi connectivity index (χ1v) is 18.8. The summed E-state index contributed by atoms with van der Waals surface area (Å²) in [6.07, 6.45) is 3.13. The summed E-state index contributed by atoms with van der Waals surface area (Å²) in [5.41, 5.74) is 19.9. The number of allylic oxidation sites excluding steroid dienone is 1. The van der Waals surface area contributed by atoms with Crippen LogP contribution in [0.15, 0.2) is 77.7 Å². The van der Waals surface area contributed by atoms with Crippen LogP contribution in [-0.4, -0.2) is 48.3 Å². The van der Waals surface area contributed by atoms with E-state index in [0.717, 1.165) is 28.1 Å². The van der Waals surface area contributed by atoms with E-state index in [4.69, 9.17) is 40.9 Å². The van der Waals surface area contributed by atoms with Crippen molar-refractivity contribution in [1.82, 2.24) is 9.97 Å². The monoisotopic (exact) mass is 797 g/mol. The minimum atomic E-state index is -0.149. The molecule has 0 fully saturated rings. The van der Waals surface area contributed by atoms with Crippen LogP contribution in [0.4, 0.5) is 17.5 Å². The Kier molecular flexibility index (Phi) is 18.0. The summed E-state index contributed by atoms with van der Waals surface area (Å²) in [6, 6.07) is 19.2. The molecule has 0 saturated carbocycles. The Hall–Kier alpha value is -6.36. The second kappa shape index (κ2) is 21.8. The topological polar surface area (TPSA) is 210 Å². The summed E-state index contributed by atoms with van der Waals surface area (Å²) in [5.74, 6) is 5.19. The lowest BCUT2D eigenvalue weighted by molar-refractivity contribution is 0.349. The molecule has 8 N–H and O–H groups in total. The molecule has 0 radical (unpaired) electrons. The summed E-state index contributed by atoms with van der Waals surface area (Å²) < 4.78 is 27.9. The van der Waals surface area contributed by atoms with Crippen LogP contribution >= 0.6 is 0 Å². The van der Waals surface area contributed by atoms with Gasteiger partial charge in [-0.25, -0.2) is 9.98 Å². The molecule has 58 heavy (non-hydrogen) atoms. The molecule has 0 saturated heterocycles. The maximum absolute atomic E-state index is 9.38. The number of nitriles is 1. The summed E-state index contributed by atoms with van der Waals surface area (Å²) in [5, 5.41) is 15.6. The van der Waals surface area contributed by atoms with Gasteiger partial charge in [0.1, 0.15) is 23.3 Å². The number of rotatable bonds is 12. The highest BCUT2D eigenvalue weighted by Gasteiger charge is 2.18. The molecule has 0 spiro atoms. The maximum atomic E-state index is 9.38. The van der Waals surface area contributed by atoms with Crippen molar-refractivity contribution in [2.45, 2.75) is 99.1 Å². The third-order valence-corrected chi connectivity index (χ3v) is 7.72. The molecule has 4 aromatic rings. The van der Waals surface area contributed by atoms with E-state index in [1.165, 1.54) is 6.20 Å². The minimum absolute atomic E-state index is 0.140. The number of anilines is 3. The van der Waals surface area contributed by atoms with Crippen LogP contribution in [0.2, 0.25) is 0 Å². The standard InChI is InChI=1S/C20H22N2O3.C19H28N4O2.C5H13N3/c1-14(2)17-10-19(23-3)20(24-4)11-18(17)25-16(12-21)13-22-15-8-6-5-7-9-15;1-11(2)13-8-12(3)14(24-7)9-15(13)25-16-10-21-18(22-17(16)20)23-19(4,5)6;1-5(2,3)8-4(6)7/h5-11,13-14,22H,1-4H3;8-11H,1-7H3,(H3,20,21,22,23);1-3H3,(H4,6,7,8)/b16-13+;;. The first-order chi connectivity index (χ1) is 27.1. The second-order valence-electron chi connectivity index (χ2n) is 15.8. The van der Waals surface area contributed by atoms with E-state index < -0.39 is 0 Å². The summed E-state index contributed by atoms with van der Waals surface area (Å²) >= 11 is 0. The molecular formula is C44H63N9O5. The highest BCUT2D eigenvalue weighted by Crippen LogP contribution is 2.39. The van der Waals surface area contributed by atoms with E-state index in [9.17, 15) is 5.26 Å². The van der Waals surface area contributed by atoms with Crippen molar-refractivity contribution in [2.75, 3.05) is 37.7 Å². The van der Waals surface area contributed by atoms with Gasteiger partial charge < -0.3 is 51.5 Å². The number of nitrogen functional groups attached to an aromatic ring is 1. The molecule has 14 heteroatoms. The lowest BCUT2D eigenvalue weighted by atomic mass is 9.99. The lowest BCUT2D eigenvalue weighted by Crippen LogP contribution is -2.27. The van der Waals surface area contributed by atoms with Crippen molar-refractivity contribution in [1.29, 1.82) is 5.26 Å². The second-order valence-corrected chi connectivity index (χ2v) is 15.8. The molecule has 0 atom stereocenters. The van der Waals surface area contributed by atoms with Crippen molar-refractivity contribution >= 4 is 23.4 Å². The van der Waals surface area contributed by atoms with Gasteiger partial charge in [-0.1, -0.05) is 45.9 Å². The van der Waals surface area contributed by atoms with Crippen LogP contribution < -0.4 is 51.5 Å². The van der Waals surface area contributed by atoms with Crippen LogP contribution in [0.25, 0.3) is 0 Å². The fourth-order valence-corrected chi connectivity index (χ4v) is 5.12. The number of nitrogens with two attached hydrogens (primary N) is 3. The van der Waals surface area contributed by atoms with Gasteiger partial charge in [0.15, 0.2) is 29.0 Å². The Bertz CT molecular complexity index is 2020. The number of nitrogens with one attached hydrogen (secondary N) is 2. The van der Waals surface area contributed by atoms with E-state index in [2.05, 4.69) is 51.6 Å². The molecule has 1 aromatic heterocycles. The van der Waals surface area contributed by atoms with Crippen molar-refractivity contribution in [3.63, 3.8) is 0 Å². The zero-order valence-corrected chi connectivity index (χ0v) is 36.6. The number of ether oxygens (including phenoxy) is 5. The van der Waals surface area contributed by atoms with Crippen molar-refractivity contribution < 1.29 is 23.7 Å². The average Bonchev–Trinajstić information content (AvgIpc) is 3.13. The molecule has 14 nitrogen and oxygen atoms in total. The molecule has 3 aromatic carbocycles. The van der Waals surface area contributed by atoms with Gasteiger partial charge in [0, 0.05) is 28.9 Å². The third-order valence-electron chi connectivity index (χ3n) is 7.72. The molecule has 0 aliphatic heterocycles. The molecule has 0 aliphatic rings. The Morgan fingerprint density at radius 1 is 0.793 bits per heavy atom. The smallest absolute Gasteiger partial charge is 0.225 e. The number of hydrogen-bond acceptors (Lipinski definition) is 12. The quantitative estimate of drug-likeness (QED) is 0.0392. The Morgan fingerprint density at radius 3 is 1.81 bits per heavy atom. The largest absolute Gasteiger partial charge is 0.496 e. The number of hydrogen-bond donors (Lipinski definition) is 5. The highest BCUT2D eigenvalue weighted by atomic mass is 16.5. The van der Waals surface area contributed by atoms with Gasteiger partial charge in [-0.2, -0.15) is 10.2 Å². The van der Waals surface area contributed by atoms with Gasteiger partial charge in [-0.3, -0.25) is 0 Å². The van der Waals surface area contributed by atoms with Crippen LogP contribution in [0.5, 0.6) is 34.5 Å². The highest BCUT2D eigenvalue weighted by molar-refractivity contribution is 5.76. The van der Waals surface area contributed by atoms with Crippen LogP contribution in [0.1, 0.15) is 97.8 Å². The number of benzene rings is 3. The van der Waals surface area contributed by atoms with Crippen molar-refractivity contribution in [3.8, 4) is 40.6 Å². The van der Waals surface area contributed by atoms with Crippen LogP contribution in [0, 0.1) is 18.3 Å². The molecule has 0 amide bonds. The molecule has 4 rings (SSSR count). The van der Waals surface area contributed by atoms with Gasteiger partial charge in [0.25, 0.3) is 0 Å². The zero-order chi connectivity index (χ0) is 43.8. The third kappa shape index (κ3) is 16.0. The number of nitrogens with zero attached hydrogens (tertiary/aromatic N) is 4. The van der Waals surface area contributed by atoms with Gasteiger partial charge in [0.2, 0.25) is 11.7 Å². The molecule has 1 heterocycles. The summed E-state index contributed by atoms with van der Waals surface area (Å²) in [6.45, 7) is 22.2. The van der Waals surface area contributed by atoms with Crippen LogP contribution in [-0.2, 0) is 0 Å². The molecular weight excluding hydrogens is 735 g/mol. The van der Waals surface area contributed by atoms with Gasteiger partial charge in [-0.05, 0) is 95.7 Å². The molecule has 314 valence electrons. The Labute approximate surface area is 344 Å². The summed E-state index contributed by atoms with van der Waals surface area (Å²) in [7, 11) is 4.80. The van der Waals surface area contributed by atoms with E-state index in [1.807, 2.05) is 105 Å². The van der Waals surface area contributed by atoms with Crippen LogP contribution in [0.3, 0.4) is 0 Å². The van der Waals surface area contributed by atoms with E-state index in [1.54, 1.807) is 33.6 Å². The van der Waals surface area contributed by atoms with Gasteiger partial charge in [0.05, 0.1) is 39.3 Å². The average molecular weight is 798 g/mol. The van der Waals surface area contributed by atoms with Crippen molar-refractivity contribution in [3.05, 3.63) is 89.4 Å². The fourth-order valence-electron chi connectivity index (χ4n) is 5.12. The van der Waals surface area contributed by atoms with Crippen molar-refractivity contribution in [2.24, 2.45) is 16.5 Å². The molecule has 0 unspecified atom stereocenters. The number of para-hydroxylation sites is 1. The molecule has 0 aliphatic carbocycles. The van der Waals surface area contributed by atoms with Gasteiger partial charge >= 0.3 is 0 Å². The number of aromatic nitrogens is 2. The first kappa shape index (κ1) is 47.8. The number of guanidine groups is 1. The zero-order valence-electron chi connectivity index (χ0n) is 36.6. The molecule has 0 bridgehead atoms. The SMILES string of the molecule is CC(C)(C)N=C(N)N.COc1cc(O/C(C#N)=C/Nc2ccccc2)c(C(C)C)cc1OC.COc1cc(Oc2cnc(NC(C)(C)C)nc2N)c(C(C)C)cc1C. The summed E-state index contributed by atoms with van der Waals surface area (Å²) in [4.78, 5) is 12.5. The Morgan fingerprint density at radius 2 is 1.34 bits per heavy atom. The normalized spacial score (nSPS) is 11.2. The lowest BCUT2D eigenvalue weighted by Gasteiger charge is -2.21. The first-order valence-electron chi connectivity index (χ1n) is 18.8. The van der Waals surface area contributed by atoms with E-state index >= 15 is 0 Å². The fraction of sp³-hybridized carbons (Fsp3) is 0.409. The predicted molar refractivity (Wildman–Crippen MR) is 235 cm³/mol. The number of aliphatic imine (C=N–C) groups is 1. The predicted octanol–water partition coefficient (Wildman–Crippen LogP) is 9.24. The van der Waals surface area contributed by atoms with E-state index in [0.29, 0.717) is 40.6 Å². The Balaban J connectivity index is 0.000000337. The number of aryl methyl sites for hydroxylation is 1. The maximum Gasteiger partial charge on any atom is 0.225 e. The van der Waals surface area contributed by atoms with Gasteiger partial charge in [-0.15, -0.1) is 0 Å².